The molecule has 0 bridgehead atoms. The van der Waals surface area contributed by atoms with E-state index in [-0.39, 0.29) is 6.04 Å². The third-order valence-electron chi connectivity index (χ3n) is 1.68. The summed E-state index contributed by atoms with van der Waals surface area (Å²) >= 11 is 5.03. The van der Waals surface area contributed by atoms with Crippen LogP contribution >= 0.6 is 27.3 Å². The van der Waals surface area contributed by atoms with Gasteiger partial charge in [0.05, 0.1) is 12.2 Å². The van der Waals surface area contributed by atoms with E-state index in [1.165, 1.54) is 0 Å². The van der Waals surface area contributed by atoms with Crippen LogP contribution in [0.25, 0.3) is 0 Å². The Morgan fingerprint density at radius 2 is 2.46 bits per heavy atom. The smallest absolute Gasteiger partial charge is 0.105 e. The quantitative estimate of drug-likeness (QED) is 0.862. The monoisotopic (exact) mass is 258 g/mol. The number of nitrogens with one attached hydrogen (secondary N) is 1. The zero-order valence-corrected chi connectivity index (χ0v) is 8.97. The highest BCUT2D eigenvalue weighted by atomic mass is 79.9. The first-order valence-corrected chi connectivity index (χ1v) is 5.30. The van der Waals surface area contributed by atoms with E-state index in [1.54, 1.807) is 17.5 Å². The molecule has 2 rings (SSSR count). The number of aromatic nitrogens is 3. The van der Waals surface area contributed by atoms with Gasteiger partial charge in [-0.1, -0.05) is 0 Å². The Morgan fingerprint density at radius 3 is 3.00 bits per heavy atom. The highest BCUT2D eigenvalue weighted by Crippen LogP contribution is 2.30. The molecule has 6 heteroatoms. The van der Waals surface area contributed by atoms with E-state index in [0.29, 0.717) is 0 Å². The van der Waals surface area contributed by atoms with Crippen LogP contribution in [0.1, 0.15) is 16.6 Å². The predicted octanol–water partition coefficient (Wildman–Crippen LogP) is 1.68. The number of rotatable bonds is 2. The Labute approximate surface area is 87.3 Å². The minimum absolute atomic E-state index is 0.201. The Balaban J connectivity index is 2.33. The van der Waals surface area contributed by atoms with Crippen molar-refractivity contribution >= 4 is 27.3 Å². The van der Waals surface area contributed by atoms with Crippen molar-refractivity contribution in [1.29, 1.82) is 0 Å². The normalized spacial score (nSPS) is 13.1. The molecule has 0 saturated heterocycles. The van der Waals surface area contributed by atoms with Crippen molar-refractivity contribution in [3.05, 3.63) is 32.7 Å². The molecular weight excluding hydrogens is 252 g/mol. The van der Waals surface area contributed by atoms with Crippen LogP contribution in [-0.2, 0) is 0 Å². The Kier molecular flexibility index (Phi) is 2.43. The molecule has 0 saturated carbocycles. The van der Waals surface area contributed by atoms with Gasteiger partial charge < -0.3 is 5.73 Å². The fourth-order valence-electron chi connectivity index (χ4n) is 1.02. The molecular formula is C7H7BrN4S. The van der Waals surface area contributed by atoms with Gasteiger partial charge in [-0.2, -0.15) is 15.4 Å². The average Bonchev–Trinajstić information content (AvgIpc) is 2.72. The Hall–Kier alpha value is -0.720. The van der Waals surface area contributed by atoms with Gasteiger partial charge in [-0.15, -0.1) is 11.3 Å². The van der Waals surface area contributed by atoms with E-state index in [1.807, 2.05) is 11.4 Å². The van der Waals surface area contributed by atoms with Crippen molar-refractivity contribution in [2.45, 2.75) is 6.04 Å². The highest BCUT2D eigenvalue weighted by molar-refractivity contribution is 9.10. The molecule has 68 valence electrons. The molecule has 0 aliphatic rings. The highest BCUT2D eigenvalue weighted by Gasteiger charge is 2.15. The molecule has 0 aliphatic heterocycles. The van der Waals surface area contributed by atoms with Gasteiger partial charge in [0, 0.05) is 9.35 Å². The Bertz CT molecular complexity index is 383. The summed E-state index contributed by atoms with van der Waals surface area (Å²) in [6.07, 6.45) is 1.64. The summed E-state index contributed by atoms with van der Waals surface area (Å²) in [4.78, 5) is 1.06. The van der Waals surface area contributed by atoms with Gasteiger partial charge in [-0.3, -0.25) is 0 Å². The van der Waals surface area contributed by atoms with Crippen molar-refractivity contribution in [3.63, 3.8) is 0 Å². The average molecular weight is 259 g/mol. The van der Waals surface area contributed by atoms with Crippen LogP contribution in [0.15, 0.2) is 22.1 Å². The number of aromatic amines is 1. The van der Waals surface area contributed by atoms with E-state index >= 15 is 0 Å². The van der Waals surface area contributed by atoms with Crippen LogP contribution < -0.4 is 5.73 Å². The molecule has 13 heavy (non-hydrogen) atoms. The lowest BCUT2D eigenvalue weighted by Gasteiger charge is -2.05. The van der Waals surface area contributed by atoms with E-state index in [9.17, 15) is 0 Å². The number of halogens is 1. The maximum Gasteiger partial charge on any atom is 0.105 e. The summed E-state index contributed by atoms with van der Waals surface area (Å²) in [5.74, 6) is 0. The van der Waals surface area contributed by atoms with Gasteiger partial charge in [0.1, 0.15) is 5.69 Å². The summed E-state index contributed by atoms with van der Waals surface area (Å²) < 4.78 is 1.02. The topological polar surface area (TPSA) is 67.6 Å². The van der Waals surface area contributed by atoms with Crippen LogP contribution in [0, 0.1) is 0 Å². The lowest BCUT2D eigenvalue weighted by molar-refractivity contribution is 0.820. The number of nitrogens with two attached hydrogens (primary N) is 1. The zero-order valence-electron chi connectivity index (χ0n) is 6.57. The summed E-state index contributed by atoms with van der Waals surface area (Å²) in [5, 5.41) is 12.2. The molecule has 3 N–H and O–H groups in total. The predicted molar refractivity (Wildman–Crippen MR) is 54.4 cm³/mol. The van der Waals surface area contributed by atoms with E-state index in [4.69, 9.17) is 5.73 Å². The minimum atomic E-state index is -0.201. The second kappa shape index (κ2) is 3.57. The lowest BCUT2D eigenvalue weighted by Crippen LogP contribution is -2.11. The molecule has 0 radical (unpaired) electrons. The number of hydrogen-bond acceptors (Lipinski definition) is 4. The van der Waals surface area contributed by atoms with Crippen molar-refractivity contribution in [1.82, 2.24) is 15.4 Å². The fraction of sp³-hybridized carbons (Fsp3) is 0.143. The Morgan fingerprint density at radius 1 is 1.62 bits per heavy atom. The number of H-pyrrole nitrogens is 1. The third kappa shape index (κ3) is 1.65. The van der Waals surface area contributed by atoms with Crippen molar-refractivity contribution in [3.8, 4) is 0 Å². The minimum Gasteiger partial charge on any atom is -0.318 e. The summed E-state index contributed by atoms with van der Waals surface area (Å²) in [6.45, 7) is 0. The van der Waals surface area contributed by atoms with Gasteiger partial charge in [0.25, 0.3) is 0 Å². The summed E-state index contributed by atoms with van der Waals surface area (Å²) in [7, 11) is 0. The molecule has 2 heterocycles. The SMILES string of the molecule is NC(c1cn[nH]n1)c1sccc1Br. The fourth-order valence-corrected chi connectivity index (χ4v) is 2.65. The molecule has 1 atom stereocenters. The van der Waals surface area contributed by atoms with Gasteiger partial charge in [0.2, 0.25) is 0 Å². The van der Waals surface area contributed by atoms with Crippen LogP contribution in [-0.4, -0.2) is 15.4 Å². The van der Waals surface area contributed by atoms with Crippen LogP contribution in [0.4, 0.5) is 0 Å². The van der Waals surface area contributed by atoms with Gasteiger partial charge in [0.15, 0.2) is 0 Å². The van der Waals surface area contributed by atoms with E-state index < -0.39 is 0 Å². The molecule has 0 fully saturated rings. The second-order valence-electron chi connectivity index (χ2n) is 2.51. The van der Waals surface area contributed by atoms with Gasteiger partial charge >= 0.3 is 0 Å². The van der Waals surface area contributed by atoms with Crippen molar-refractivity contribution < 1.29 is 0 Å². The maximum absolute atomic E-state index is 5.96. The number of thiophene rings is 1. The van der Waals surface area contributed by atoms with Gasteiger partial charge in [-0.25, -0.2) is 0 Å². The van der Waals surface area contributed by atoms with E-state index in [2.05, 4.69) is 31.3 Å². The van der Waals surface area contributed by atoms with Crippen molar-refractivity contribution in [2.24, 2.45) is 5.73 Å². The third-order valence-corrected chi connectivity index (χ3v) is 3.63. The molecule has 2 aromatic heterocycles. The molecule has 4 nitrogen and oxygen atoms in total. The first-order valence-electron chi connectivity index (χ1n) is 3.63. The number of nitrogens with zero attached hydrogens (tertiary/aromatic N) is 2. The maximum atomic E-state index is 5.96. The summed E-state index contributed by atoms with van der Waals surface area (Å²) in [6, 6.07) is 1.77. The van der Waals surface area contributed by atoms with Gasteiger partial charge in [-0.05, 0) is 27.4 Å². The zero-order chi connectivity index (χ0) is 9.26. The number of hydrogen-bond donors (Lipinski definition) is 2. The molecule has 1 unspecified atom stereocenters. The second-order valence-corrected chi connectivity index (χ2v) is 4.31. The largest absolute Gasteiger partial charge is 0.318 e. The van der Waals surface area contributed by atoms with E-state index in [0.717, 1.165) is 15.0 Å². The molecule has 2 aromatic rings. The summed E-state index contributed by atoms with van der Waals surface area (Å²) in [5.41, 5.74) is 6.72. The first kappa shape index (κ1) is 8.86. The van der Waals surface area contributed by atoms with Crippen molar-refractivity contribution in [2.75, 3.05) is 0 Å². The van der Waals surface area contributed by atoms with Crippen LogP contribution in [0.3, 0.4) is 0 Å². The molecule has 0 amide bonds. The first-order chi connectivity index (χ1) is 6.29. The lowest BCUT2D eigenvalue weighted by atomic mass is 10.2. The molecule has 0 spiro atoms. The van der Waals surface area contributed by atoms with Crippen LogP contribution in [0.5, 0.6) is 0 Å². The molecule has 0 aromatic carbocycles. The van der Waals surface area contributed by atoms with Crippen LogP contribution in [0.2, 0.25) is 0 Å². The standard InChI is InChI=1S/C7H7BrN4S/c8-4-1-2-13-7(4)6(9)5-3-10-12-11-5/h1-3,6H,9H2,(H,10,11,12). The molecule has 0 aliphatic carbocycles.